The summed E-state index contributed by atoms with van der Waals surface area (Å²) in [6.45, 7) is 4.33. The van der Waals surface area contributed by atoms with Gasteiger partial charge >= 0.3 is 0 Å². The highest BCUT2D eigenvalue weighted by molar-refractivity contribution is 7.89. The Hall–Kier alpha value is -2.91. The molecular formula is C19H21N3O5S. The normalized spacial score (nSPS) is 11.8. The van der Waals surface area contributed by atoms with Crippen molar-refractivity contribution in [2.24, 2.45) is 0 Å². The molecule has 0 aliphatic heterocycles. The van der Waals surface area contributed by atoms with Gasteiger partial charge in [-0.2, -0.15) is 4.31 Å². The summed E-state index contributed by atoms with van der Waals surface area (Å²) >= 11 is 0. The highest BCUT2D eigenvalue weighted by atomic mass is 32.2. The molecule has 0 bridgehead atoms. The molecule has 2 N–H and O–H groups in total. The van der Waals surface area contributed by atoms with Gasteiger partial charge in [0.1, 0.15) is 5.76 Å². The predicted molar refractivity (Wildman–Crippen MR) is 105 cm³/mol. The van der Waals surface area contributed by atoms with Crippen molar-refractivity contribution in [3.63, 3.8) is 0 Å². The summed E-state index contributed by atoms with van der Waals surface area (Å²) in [6.07, 6.45) is 1.49. The molecule has 2 heterocycles. The Labute approximate surface area is 162 Å². The predicted octanol–water partition coefficient (Wildman–Crippen LogP) is 2.08. The summed E-state index contributed by atoms with van der Waals surface area (Å²) in [6, 6.07) is 8.92. The zero-order valence-corrected chi connectivity index (χ0v) is 16.4. The molecule has 0 spiro atoms. The van der Waals surface area contributed by atoms with Crippen molar-refractivity contribution < 1.29 is 17.6 Å². The molecule has 0 aliphatic rings. The van der Waals surface area contributed by atoms with Crippen LogP contribution in [0.15, 0.2) is 56.8 Å². The molecule has 0 saturated carbocycles. The molecule has 2 aromatic heterocycles. The van der Waals surface area contributed by atoms with Crippen LogP contribution in [0.25, 0.3) is 10.9 Å². The van der Waals surface area contributed by atoms with Crippen molar-refractivity contribution in [3.05, 3.63) is 64.3 Å². The largest absolute Gasteiger partial charge is 0.467 e. The highest BCUT2D eigenvalue weighted by Crippen LogP contribution is 2.23. The van der Waals surface area contributed by atoms with Crippen LogP contribution >= 0.6 is 0 Å². The van der Waals surface area contributed by atoms with Crippen LogP contribution in [-0.2, 0) is 16.6 Å². The van der Waals surface area contributed by atoms with Crippen molar-refractivity contribution in [2.45, 2.75) is 25.3 Å². The second kappa shape index (κ2) is 7.99. The molecule has 3 rings (SSSR count). The zero-order valence-electron chi connectivity index (χ0n) is 15.6. The van der Waals surface area contributed by atoms with Crippen LogP contribution in [0.5, 0.6) is 0 Å². The standard InChI is InChI=1S/C19H21N3O5S/c1-3-22(4-2)28(25,26)14-7-8-17-15(10-14)16(11-18(23)21-17)19(24)20-12-13-6-5-9-27-13/h5-11H,3-4,12H2,1-2H3,(H,20,24)(H,21,23). The van der Waals surface area contributed by atoms with E-state index in [1.165, 1.54) is 28.8 Å². The van der Waals surface area contributed by atoms with Gasteiger partial charge in [-0.3, -0.25) is 9.59 Å². The maximum absolute atomic E-state index is 12.8. The van der Waals surface area contributed by atoms with Crippen molar-refractivity contribution in [3.8, 4) is 0 Å². The maximum atomic E-state index is 12.8. The number of nitrogens with one attached hydrogen (secondary N) is 2. The van der Waals surface area contributed by atoms with Crippen molar-refractivity contribution in [1.29, 1.82) is 0 Å². The van der Waals surface area contributed by atoms with Crippen molar-refractivity contribution in [2.75, 3.05) is 13.1 Å². The van der Waals surface area contributed by atoms with Gasteiger partial charge in [0.15, 0.2) is 0 Å². The van der Waals surface area contributed by atoms with Gasteiger partial charge in [-0.1, -0.05) is 13.8 Å². The number of nitrogens with zero attached hydrogens (tertiary/aromatic N) is 1. The maximum Gasteiger partial charge on any atom is 0.252 e. The van der Waals surface area contributed by atoms with E-state index in [1.807, 2.05) is 0 Å². The molecule has 0 atom stereocenters. The lowest BCUT2D eigenvalue weighted by Gasteiger charge is -2.19. The van der Waals surface area contributed by atoms with E-state index in [4.69, 9.17) is 4.42 Å². The van der Waals surface area contributed by atoms with E-state index in [0.717, 1.165) is 6.07 Å². The lowest BCUT2D eigenvalue weighted by molar-refractivity contribution is 0.0949. The first-order chi connectivity index (χ1) is 13.4. The molecule has 8 nitrogen and oxygen atoms in total. The lowest BCUT2D eigenvalue weighted by atomic mass is 10.1. The Morgan fingerprint density at radius 2 is 1.93 bits per heavy atom. The number of H-pyrrole nitrogens is 1. The Morgan fingerprint density at radius 1 is 1.18 bits per heavy atom. The summed E-state index contributed by atoms with van der Waals surface area (Å²) < 4.78 is 32.1. The van der Waals surface area contributed by atoms with E-state index in [-0.39, 0.29) is 17.0 Å². The Morgan fingerprint density at radius 3 is 2.57 bits per heavy atom. The number of furan rings is 1. The fraction of sp³-hybridized carbons (Fsp3) is 0.263. The molecular weight excluding hydrogens is 382 g/mol. The first-order valence-electron chi connectivity index (χ1n) is 8.84. The lowest BCUT2D eigenvalue weighted by Crippen LogP contribution is -2.30. The van der Waals surface area contributed by atoms with Gasteiger partial charge in [0.05, 0.1) is 23.3 Å². The average molecular weight is 403 g/mol. The third kappa shape index (κ3) is 3.85. The second-order valence-electron chi connectivity index (χ2n) is 6.11. The number of carbonyl (C=O) groups is 1. The minimum Gasteiger partial charge on any atom is -0.467 e. The van der Waals surface area contributed by atoms with E-state index >= 15 is 0 Å². The fourth-order valence-electron chi connectivity index (χ4n) is 2.97. The van der Waals surface area contributed by atoms with E-state index in [0.29, 0.717) is 29.8 Å². The smallest absolute Gasteiger partial charge is 0.252 e. The van der Waals surface area contributed by atoms with Crippen LogP contribution in [0.3, 0.4) is 0 Å². The van der Waals surface area contributed by atoms with E-state index in [9.17, 15) is 18.0 Å². The van der Waals surface area contributed by atoms with E-state index < -0.39 is 21.5 Å². The number of aromatic amines is 1. The summed E-state index contributed by atoms with van der Waals surface area (Å²) in [5, 5.41) is 3.03. The minimum absolute atomic E-state index is 0.0656. The topological polar surface area (TPSA) is 112 Å². The van der Waals surface area contributed by atoms with Crippen LogP contribution in [0, 0.1) is 0 Å². The molecule has 1 amide bonds. The number of amides is 1. The summed E-state index contributed by atoms with van der Waals surface area (Å²) in [5.74, 6) is 0.0668. The summed E-state index contributed by atoms with van der Waals surface area (Å²) in [7, 11) is -3.70. The number of hydrogen-bond acceptors (Lipinski definition) is 5. The number of fused-ring (bicyclic) bond motifs is 1. The van der Waals surface area contributed by atoms with Crippen LogP contribution in [0.1, 0.15) is 30.0 Å². The monoisotopic (exact) mass is 403 g/mol. The molecule has 0 radical (unpaired) electrons. The van der Waals surface area contributed by atoms with Gasteiger partial charge in [-0.25, -0.2) is 8.42 Å². The fourth-order valence-corrected chi connectivity index (χ4v) is 4.45. The third-order valence-electron chi connectivity index (χ3n) is 4.41. The van der Waals surface area contributed by atoms with Gasteiger partial charge in [0.25, 0.3) is 5.91 Å². The van der Waals surface area contributed by atoms with Gasteiger partial charge in [-0.05, 0) is 30.3 Å². The van der Waals surface area contributed by atoms with E-state index in [1.54, 1.807) is 26.0 Å². The number of hydrogen-bond donors (Lipinski definition) is 2. The number of aromatic nitrogens is 1. The highest BCUT2D eigenvalue weighted by Gasteiger charge is 2.23. The summed E-state index contributed by atoms with van der Waals surface area (Å²) in [4.78, 5) is 27.3. The number of rotatable bonds is 7. The molecule has 0 aliphatic carbocycles. The quantitative estimate of drug-likeness (QED) is 0.627. The Bertz CT molecular complexity index is 1150. The van der Waals surface area contributed by atoms with Gasteiger partial charge < -0.3 is 14.7 Å². The van der Waals surface area contributed by atoms with Crippen LogP contribution in [0.4, 0.5) is 0 Å². The van der Waals surface area contributed by atoms with E-state index in [2.05, 4.69) is 10.3 Å². The van der Waals surface area contributed by atoms with Crippen LogP contribution in [0.2, 0.25) is 0 Å². The number of carbonyl (C=O) groups excluding carboxylic acids is 1. The van der Waals surface area contributed by atoms with Gasteiger partial charge in [0.2, 0.25) is 15.6 Å². The van der Waals surface area contributed by atoms with Gasteiger partial charge in [0, 0.05) is 30.1 Å². The Balaban J connectivity index is 2.04. The second-order valence-corrected chi connectivity index (χ2v) is 8.04. The van der Waals surface area contributed by atoms with Crippen molar-refractivity contribution >= 4 is 26.8 Å². The molecule has 1 aromatic carbocycles. The molecule has 28 heavy (non-hydrogen) atoms. The molecule has 0 saturated heterocycles. The molecule has 0 fully saturated rings. The molecule has 148 valence electrons. The van der Waals surface area contributed by atoms with Crippen LogP contribution in [-0.4, -0.2) is 36.7 Å². The van der Waals surface area contributed by atoms with Crippen molar-refractivity contribution in [1.82, 2.24) is 14.6 Å². The SMILES string of the molecule is CCN(CC)S(=O)(=O)c1ccc2[nH]c(=O)cc(C(=O)NCc3ccco3)c2c1. The molecule has 9 heteroatoms. The average Bonchev–Trinajstić information content (AvgIpc) is 3.19. The zero-order chi connectivity index (χ0) is 20.3. The number of pyridine rings is 1. The molecule has 3 aromatic rings. The number of benzene rings is 1. The van der Waals surface area contributed by atoms with Crippen LogP contribution < -0.4 is 10.9 Å². The third-order valence-corrected chi connectivity index (χ3v) is 6.45. The first-order valence-corrected chi connectivity index (χ1v) is 10.3. The summed E-state index contributed by atoms with van der Waals surface area (Å²) in [5.41, 5.74) is 0.0334. The Kier molecular flexibility index (Phi) is 5.66. The van der Waals surface area contributed by atoms with Gasteiger partial charge in [-0.15, -0.1) is 0 Å². The number of sulfonamides is 1. The first kappa shape index (κ1) is 19.8. The molecule has 0 unspecified atom stereocenters. The minimum atomic E-state index is -3.70.